The Labute approximate surface area is 148 Å². The van der Waals surface area contributed by atoms with E-state index in [1.54, 1.807) is 0 Å². The fourth-order valence-corrected chi connectivity index (χ4v) is 3.19. The summed E-state index contributed by atoms with van der Waals surface area (Å²) in [5.41, 5.74) is 1.64. The molecule has 7 heteroatoms. The number of nitrogens with two attached hydrogens (primary N) is 1. The van der Waals surface area contributed by atoms with Crippen LogP contribution in [0.3, 0.4) is 0 Å². The van der Waals surface area contributed by atoms with Gasteiger partial charge in [0.1, 0.15) is 10.6 Å². The van der Waals surface area contributed by atoms with Gasteiger partial charge in [0, 0.05) is 12.6 Å². The van der Waals surface area contributed by atoms with Gasteiger partial charge in [-0.15, -0.1) is 0 Å². The zero-order valence-electron chi connectivity index (χ0n) is 14.1. The molecule has 0 bridgehead atoms. The third-order valence-corrected chi connectivity index (χ3v) is 4.98. The van der Waals surface area contributed by atoms with Gasteiger partial charge in [0.05, 0.1) is 6.10 Å². The van der Waals surface area contributed by atoms with Crippen molar-refractivity contribution in [2.45, 2.75) is 36.8 Å². The van der Waals surface area contributed by atoms with Gasteiger partial charge in [0.25, 0.3) is 0 Å². The number of phenolic OH excluding ortho intramolecular Hbond substituents is 1. The Kier molecular flexibility index (Phi) is 6.55. The number of rotatable bonds is 8. The molecule has 6 nitrogen and oxygen atoms in total. The van der Waals surface area contributed by atoms with Gasteiger partial charge in [-0.2, -0.15) is 0 Å². The largest absolute Gasteiger partial charge is 0.507 e. The van der Waals surface area contributed by atoms with Crippen molar-refractivity contribution in [2.24, 2.45) is 5.14 Å². The summed E-state index contributed by atoms with van der Waals surface area (Å²) in [5.74, 6) is -0.428. The van der Waals surface area contributed by atoms with Gasteiger partial charge in [0.15, 0.2) is 0 Å². The molecule has 0 aromatic heterocycles. The van der Waals surface area contributed by atoms with E-state index in [0.717, 1.165) is 12.8 Å². The van der Waals surface area contributed by atoms with Crippen LogP contribution in [0.5, 0.6) is 5.75 Å². The fraction of sp³-hybridized carbons (Fsp3) is 0.333. The van der Waals surface area contributed by atoms with Crippen molar-refractivity contribution in [3.63, 3.8) is 0 Å². The van der Waals surface area contributed by atoms with Crippen molar-refractivity contribution in [1.82, 2.24) is 5.32 Å². The lowest BCUT2D eigenvalue weighted by molar-refractivity contribution is 0.169. The molecule has 0 amide bonds. The summed E-state index contributed by atoms with van der Waals surface area (Å²) in [6, 6.07) is 14.2. The minimum Gasteiger partial charge on any atom is -0.507 e. The minimum atomic E-state index is -4.04. The number of aliphatic hydroxyl groups excluding tert-OH is 1. The highest BCUT2D eigenvalue weighted by Crippen LogP contribution is 2.25. The van der Waals surface area contributed by atoms with Gasteiger partial charge < -0.3 is 15.5 Å². The van der Waals surface area contributed by atoms with Gasteiger partial charge in [-0.25, -0.2) is 13.6 Å². The first kappa shape index (κ1) is 19.4. The van der Waals surface area contributed by atoms with E-state index in [4.69, 9.17) is 5.14 Å². The number of aromatic hydroxyl groups is 1. The van der Waals surface area contributed by atoms with Crippen LogP contribution in [-0.4, -0.2) is 31.2 Å². The molecular formula is C18H24N2O4S. The normalized spacial score (nSPS) is 14.2. The fourth-order valence-electron chi connectivity index (χ4n) is 2.53. The van der Waals surface area contributed by atoms with E-state index in [2.05, 4.69) is 17.4 Å². The molecule has 2 unspecified atom stereocenters. The van der Waals surface area contributed by atoms with E-state index in [9.17, 15) is 18.6 Å². The summed E-state index contributed by atoms with van der Waals surface area (Å²) < 4.78 is 22.9. The van der Waals surface area contributed by atoms with Gasteiger partial charge in [-0.3, -0.25) is 0 Å². The van der Waals surface area contributed by atoms with Crippen LogP contribution in [0.4, 0.5) is 0 Å². The third-order valence-electron chi connectivity index (χ3n) is 4.04. The lowest BCUT2D eigenvalue weighted by Gasteiger charge is -2.18. The standard InChI is InChI=1S/C18H24N2O4S/c1-13(7-8-14-5-3-2-4-6-14)20-12-17(22)15-9-10-16(21)18(11-15)25(19,23)24/h2-6,9-11,13,17,20-22H,7-8,12H2,1H3,(H2,19,23,24). The predicted molar refractivity (Wildman–Crippen MR) is 96.7 cm³/mol. The van der Waals surface area contributed by atoms with Crippen molar-refractivity contribution in [2.75, 3.05) is 6.54 Å². The first-order valence-corrected chi connectivity index (χ1v) is 9.63. The van der Waals surface area contributed by atoms with Crippen LogP contribution in [0.2, 0.25) is 0 Å². The number of aliphatic hydroxyl groups is 1. The number of hydrogen-bond donors (Lipinski definition) is 4. The summed E-state index contributed by atoms with van der Waals surface area (Å²) in [4.78, 5) is -0.388. The number of phenols is 1. The molecule has 0 aliphatic heterocycles. The van der Waals surface area contributed by atoms with Crippen LogP contribution < -0.4 is 10.5 Å². The van der Waals surface area contributed by atoms with E-state index in [1.165, 1.54) is 23.8 Å². The van der Waals surface area contributed by atoms with Crippen LogP contribution >= 0.6 is 0 Å². The number of primary sulfonamides is 1. The molecule has 2 aromatic carbocycles. The van der Waals surface area contributed by atoms with E-state index in [1.807, 2.05) is 25.1 Å². The Bertz CT molecular complexity index is 794. The van der Waals surface area contributed by atoms with Gasteiger partial charge >= 0.3 is 0 Å². The summed E-state index contributed by atoms with van der Waals surface area (Å²) in [6.45, 7) is 2.30. The summed E-state index contributed by atoms with van der Waals surface area (Å²) in [5, 5.41) is 28.1. The van der Waals surface area contributed by atoms with Gasteiger partial charge in [0.2, 0.25) is 10.0 Å². The number of aryl methyl sites for hydroxylation is 1. The molecule has 136 valence electrons. The van der Waals surface area contributed by atoms with Crippen molar-refractivity contribution in [3.05, 3.63) is 59.7 Å². The maximum Gasteiger partial charge on any atom is 0.241 e. The summed E-state index contributed by atoms with van der Waals surface area (Å²) in [6.07, 6.45) is 0.939. The van der Waals surface area contributed by atoms with E-state index < -0.39 is 21.9 Å². The molecule has 0 saturated heterocycles. The second kappa shape index (κ2) is 8.44. The Morgan fingerprint density at radius 2 is 1.84 bits per heavy atom. The van der Waals surface area contributed by atoms with Crippen molar-refractivity contribution < 1.29 is 18.6 Å². The highest BCUT2D eigenvalue weighted by atomic mass is 32.2. The van der Waals surface area contributed by atoms with Crippen molar-refractivity contribution in [1.29, 1.82) is 0 Å². The monoisotopic (exact) mass is 364 g/mol. The Morgan fingerprint density at radius 1 is 1.16 bits per heavy atom. The highest BCUT2D eigenvalue weighted by molar-refractivity contribution is 7.89. The lowest BCUT2D eigenvalue weighted by Crippen LogP contribution is -2.30. The molecule has 0 spiro atoms. The first-order chi connectivity index (χ1) is 11.8. The van der Waals surface area contributed by atoms with Crippen LogP contribution in [0, 0.1) is 0 Å². The molecule has 0 heterocycles. The maximum atomic E-state index is 11.4. The second-order valence-electron chi connectivity index (χ2n) is 6.12. The van der Waals surface area contributed by atoms with Crippen LogP contribution in [0.25, 0.3) is 0 Å². The Hall–Kier alpha value is -1.93. The SMILES string of the molecule is CC(CCc1ccccc1)NCC(O)c1ccc(O)c(S(N)(=O)=O)c1. The average molecular weight is 364 g/mol. The summed E-state index contributed by atoms with van der Waals surface area (Å²) in [7, 11) is -4.04. The lowest BCUT2D eigenvalue weighted by atomic mass is 10.1. The van der Waals surface area contributed by atoms with Crippen LogP contribution in [0.15, 0.2) is 53.4 Å². The van der Waals surface area contributed by atoms with E-state index in [-0.39, 0.29) is 17.5 Å². The molecule has 2 atom stereocenters. The van der Waals surface area contributed by atoms with Crippen LogP contribution in [0.1, 0.15) is 30.6 Å². The highest BCUT2D eigenvalue weighted by Gasteiger charge is 2.17. The van der Waals surface area contributed by atoms with Gasteiger partial charge in [-0.1, -0.05) is 36.4 Å². The zero-order valence-corrected chi connectivity index (χ0v) is 14.9. The topological polar surface area (TPSA) is 113 Å². The Balaban J connectivity index is 1.90. The molecule has 2 aromatic rings. The maximum absolute atomic E-state index is 11.4. The third kappa shape index (κ3) is 5.82. The molecule has 0 fully saturated rings. The molecule has 0 aliphatic carbocycles. The number of nitrogens with one attached hydrogen (secondary N) is 1. The number of benzene rings is 2. The molecule has 5 N–H and O–H groups in total. The predicted octanol–water partition coefficient (Wildman–Crippen LogP) is 1.68. The Morgan fingerprint density at radius 3 is 2.48 bits per heavy atom. The zero-order chi connectivity index (χ0) is 18.4. The van der Waals surface area contributed by atoms with E-state index in [0.29, 0.717) is 5.56 Å². The number of hydrogen-bond acceptors (Lipinski definition) is 5. The molecule has 25 heavy (non-hydrogen) atoms. The molecule has 0 saturated carbocycles. The minimum absolute atomic E-state index is 0.185. The molecule has 0 radical (unpaired) electrons. The average Bonchev–Trinajstić information content (AvgIpc) is 2.58. The van der Waals surface area contributed by atoms with Crippen LogP contribution in [-0.2, 0) is 16.4 Å². The van der Waals surface area contributed by atoms with Crippen molar-refractivity contribution >= 4 is 10.0 Å². The smallest absolute Gasteiger partial charge is 0.241 e. The van der Waals surface area contributed by atoms with E-state index >= 15 is 0 Å². The first-order valence-electron chi connectivity index (χ1n) is 8.08. The molecule has 2 rings (SSSR count). The van der Waals surface area contributed by atoms with Crippen molar-refractivity contribution in [3.8, 4) is 5.75 Å². The summed E-state index contributed by atoms with van der Waals surface area (Å²) >= 11 is 0. The molecular weight excluding hydrogens is 340 g/mol. The van der Waals surface area contributed by atoms with Gasteiger partial charge in [-0.05, 0) is 43.0 Å². The molecule has 0 aliphatic rings. The second-order valence-corrected chi connectivity index (χ2v) is 7.65. The quantitative estimate of drug-likeness (QED) is 0.569. The number of sulfonamides is 1.